The van der Waals surface area contributed by atoms with Gasteiger partial charge in [-0.2, -0.15) is 0 Å². The predicted octanol–water partition coefficient (Wildman–Crippen LogP) is 17.1. The maximum Gasteiger partial charge on any atom is 0.220 e. The number of unbranched alkanes of at least 4 members (excludes halogenated alkanes) is 43. The average molecular weight is 1060 g/mol. The highest BCUT2D eigenvalue weighted by atomic mass is 16.7. The second kappa shape index (κ2) is 55.7. The standard InChI is InChI=1S/C66H125NO8/c1-3-5-7-9-11-13-15-17-19-21-22-23-24-25-26-27-28-29-30-31-32-33-34-35-36-37-38-40-42-44-46-48-50-52-54-56-62(70)67-59(58-74-66-65(73)64(72)63(71)61(57-68)75-66)60(69)55-53-51-49-47-45-43-41-39-20-18-16-14-12-10-8-6-4-2/h15,17,21-22,53,55,59-61,63-66,68-69,71-73H,3-14,16,18-20,23-52,54,56-58H2,1-2H3,(H,67,70)/b17-15-,22-21-,55-53+. The number of nitrogens with one attached hydrogen (secondary N) is 1. The molecule has 75 heavy (non-hydrogen) atoms. The van der Waals surface area contributed by atoms with Crippen molar-refractivity contribution in [3.8, 4) is 0 Å². The van der Waals surface area contributed by atoms with Gasteiger partial charge in [0, 0.05) is 6.42 Å². The quantitative estimate of drug-likeness (QED) is 0.0261. The Bertz CT molecular complexity index is 1270. The topological polar surface area (TPSA) is 149 Å². The zero-order chi connectivity index (χ0) is 54.3. The molecule has 7 unspecified atom stereocenters. The first-order valence-corrected chi connectivity index (χ1v) is 32.7. The Hall–Kier alpha value is -1.59. The van der Waals surface area contributed by atoms with Gasteiger partial charge in [-0.1, -0.05) is 301 Å². The molecule has 6 N–H and O–H groups in total. The number of aliphatic hydroxyl groups excluding tert-OH is 5. The van der Waals surface area contributed by atoms with Gasteiger partial charge in [0.15, 0.2) is 6.29 Å². The van der Waals surface area contributed by atoms with Gasteiger partial charge >= 0.3 is 0 Å². The summed E-state index contributed by atoms with van der Waals surface area (Å²) in [6.07, 6.45) is 66.7. The third kappa shape index (κ3) is 44.9. The maximum absolute atomic E-state index is 13.1. The van der Waals surface area contributed by atoms with Gasteiger partial charge in [0.25, 0.3) is 0 Å². The number of carbonyl (C=O) groups excluding carboxylic acids is 1. The number of rotatable bonds is 57. The molecule has 0 spiro atoms. The molecule has 1 fully saturated rings. The Morgan fingerprint density at radius 1 is 0.453 bits per heavy atom. The lowest BCUT2D eigenvalue weighted by Crippen LogP contribution is -2.60. The molecular formula is C66H125NO8. The first-order chi connectivity index (χ1) is 36.8. The van der Waals surface area contributed by atoms with Crippen LogP contribution in [0.3, 0.4) is 0 Å². The van der Waals surface area contributed by atoms with Gasteiger partial charge in [-0.25, -0.2) is 0 Å². The third-order valence-electron chi connectivity index (χ3n) is 15.7. The molecule has 0 aliphatic carbocycles. The van der Waals surface area contributed by atoms with Gasteiger partial charge in [-0.05, 0) is 51.4 Å². The van der Waals surface area contributed by atoms with Crippen LogP contribution in [0, 0.1) is 0 Å². The molecule has 1 aliphatic rings. The molecule has 1 amide bonds. The molecule has 7 atom stereocenters. The van der Waals surface area contributed by atoms with Crippen molar-refractivity contribution in [3.05, 3.63) is 36.5 Å². The van der Waals surface area contributed by atoms with E-state index < -0.39 is 49.5 Å². The van der Waals surface area contributed by atoms with Crippen molar-refractivity contribution in [2.45, 2.75) is 365 Å². The highest BCUT2D eigenvalue weighted by Crippen LogP contribution is 2.23. The van der Waals surface area contributed by atoms with E-state index in [4.69, 9.17) is 9.47 Å². The van der Waals surface area contributed by atoms with E-state index in [1.165, 1.54) is 257 Å². The number of allylic oxidation sites excluding steroid dienone is 5. The fraction of sp³-hybridized carbons (Fsp3) is 0.894. The highest BCUT2D eigenvalue weighted by molar-refractivity contribution is 5.76. The number of amides is 1. The van der Waals surface area contributed by atoms with E-state index >= 15 is 0 Å². The Morgan fingerprint density at radius 3 is 1.15 bits per heavy atom. The summed E-state index contributed by atoms with van der Waals surface area (Å²) in [4.78, 5) is 13.1. The molecule has 0 saturated carbocycles. The summed E-state index contributed by atoms with van der Waals surface area (Å²) >= 11 is 0. The first kappa shape index (κ1) is 71.4. The van der Waals surface area contributed by atoms with Crippen LogP contribution in [0.4, 0.5) is 0 Å². The minimum atomic E-state index is -1.57. The lowest BCUT2D eigenvalue weighted by molar-refractivity contribution is -0.302. The zero-order valence-electron chi connectivity index (χ0n) is 49.3. The monoisotopic (exact) mass is 1060 g/mol. The van der Waals surface area contributed by atoms with Crippen LogP contribution < -0.4 is 5.32 Å². The van der Waals surface area contributed by atoms with Crippen molar-refractivity contribution in [3.63, 3.8) is 0 Å². The lowest BCUT2D eigenvalue weighted by Gasteiger charge is -2.40. The van der Waals surface area contributed by atoms with Gasteiger partial charge in [0.2, 0.25) is 5.91 Å². The molecule has 1 heterocycles. The van der Waals surface area contributed by atoms with Crippen molar-refractivity contribution in [1.29, 1.82) is 0 Å². The van der Waals surface area contributed by atoms with E-state index in [-0.39, 0.29) is 12.5 Å². The zero-order valence-corrected chi connectivity index (χ0v) is 49.3. The first-order valence-electron chi connectivity index (χ1n) is 32.7. The number of hydrogen-bond acceptors (Lipinski definition) is 8. The summed E-state index contributed by atoms with van der Waals surface area (Å²) in [6, 6.07) is -0.803. The molecule has 9 heteroatoms. The smallest absolute Gasteiger partial charge is 0.220 e. The van der Waals surface area contributed by atoms with Crippen molar-refractivity contribution < 1.29 is 39.8 Å². The molecule has 0 aromatic heterocycles. The van der Waals surface area contributed by atoms with Crippen LogP contribution in [0.25, 0.3) is 0 Å². The molecule has 0 aromatic carbocycles. The van der Waals surface area contributed by atoms with Crippen LogP contribution in [0.1, 0.15) is 322 Å². The summed E-state index contributed by atoms with van der Waals surface area (Å²) in [5, 5.41) is 54.6. The van der Waals surface area contributed by atoms with E-state index in [0.29, 0.717) is 6.42 Å². The number of carbonyl (C=O) groups is 1. The van der Waals surface area contributed by atoms with Crippen molar-refractivity contribution in [1.82, 2.24) is 5.32 Å². The Labute approximate surface area is 463 Å². The van der Waals surface area contributed by atoms with Gasteiger partial charge < -0.3 is 40.3 Å². The summed E-state index contributed by atoms with van der Waals surface area (Å²) in [5.41, 5.74) is 0. The molecule has 0 bridgehead atoms. The van der Waals surface area contributed by atoms with Crippen LogP contribution in [-0.4, -0.2) is 87.5 Å². The van der Waals surface area contributed by atoms with E-state index in [0.717, 1.165) is 44.9 Å². The molecule has 0 aromatic rings. The lowest BCUT2D eigenvalue weighted by atomic mass is 9.99. The minimum absolute atomic E-state index is 0.171. The van der Waals surface area contributed by atoms with Crippen LogP contribution in [0.5, 0.6) is 0 Å². The van der Waals surface area contributed by atoms with E-state index in [1.54, 1.807) is 6.08 Å². The third-order valence-corrected chi connectivity index (χ3v) is 15.7. The molecule has 1 saturated heterocycles. The molecule has 1 aliphatic heterocycles. The molecule has 1 rings (SSSR count). The molecule has 9 nitrogen and oxygen atoms in total. The van der Waals surface area contributed by atoms with Crippen LogP contribution in [0.15, 0.2) is 36.5 Å². The number of aliphatic hydroxyl groups is 5. The fourth-order valence-electron chi connectivity index (χ4n) is 10.5. The summed E-state index contributed by atoms with van der Waals surface area (Å²) in [5.74, 6) is -0.171. The normalized spacial score (nSPS) is 19.1. The molecule has 442 valence electrons. The van der Waals surface area contributed by atoms with Crippen molar-refractivity contribution >= 4 is 5.91 Å². The Kier molecular flexibility index (Phi) is 53.1. The van der Waals surface area contributed by atoms with Gasteiger partial charge in [0.05, 0.1) is 25.4 Å². The second-order valence-corrected chi connectivity index (χ2v) is 22.9. The van der Waals surface area contributed by atoms with E-state index in [1.807, 2.05) is 6.08 Å². The van der Waals surface area contributed by atoms with Crippen LogP contribution in [-0.2, 0) is 14.3 Å². The molecule has 0 radical (unpaired) electrons. The van der Waals surface area contributed by atoms with Gasteiger partial charge in [-0.3, -0.25) is 4.79 Å². The fourth-order valence-corrected chi connectivity index (χ4v) is 10.5. The largest absolute Gasteiger partial charge is 0.394 e. The van der Waals surface area contributed by atoms with Crippen LogP contribution >= 0.6 is 0 Å². The highest BCUT2D eigenvalue weighted by Gasteiger charge is 2.44. The van der Waals surface area contributed by atoms with Gasteiger partial charge in [-0.15, -0.1) is 0 Å². The summed E-state index contributed by atoms with van der Waals surface area (Å²) in [6.45, 7) is 3.80. The minimum Gasteiger partial charge on any atom is -0.394 e. The SMILES string of the molecule is CCCCCCC/C=C\C/C=C\CCCCCCCCCCCCCCCCCCCCCCCCCC(=O)NC(COC1OC(CO)C(O)C(O)C1O)C(O)/C=C/CCCCCCCCCCCCCCCCC. The van der Waals surface area contributed by atoms with E-state index in [2.05, 4.69) is 43.5 Å². The van der Waals surface area contributed by atoms with E-state index in [9.17, 15) is 30.3 Å². The van der Waals surface area contributed by atoms with Crippen molar-refractivity contribution in [2.24, 2.45) is 0 Å². The van der Waals surface area contributed by atoms with Crippen molar-refractivity contribution in [2.75, 3.05) is 13.2 Å². The van der Waals surface area contributed by atoms with Gasteiger partial charge in [0.1, 0.15) is 24.4 Å². The average Bonchev–Trinajstić information content (AvgIpc) is 3.41. The van der Waals surface area contributed by atoms with Crippen LogP contribution in [0.2, 0.25) is 0 Å². The number of hydrogen-bond donors (Lipinski definition) is 6. The second-order valence-electron chi connectivity index (χ2n) is 22.9. The summed E-state index contributed by atoms with van der Waals surface area (Å²) in [7, 11) is 0. The number of ether oxygens (including phenoxy) is 2. The summed E-state index contributed by atoms with van der Waals surface area (Å²) < 4.78 is 11.3. The Morgan fingerprint density at radius 2 is 0.787 bits per heavy atom. The Balaban J connectivity index is 2.09. The predicted molar refractivity (Wildman–Crippen MR) is 318 cm³/mol. The maximum atomic E-state index is 13.1. The molecular weight excluding hydrogens is 935 g/mol.